The molecular weight excluding hydrogens is 278 g/mol. The first-order chi connectivity index (χ1) is 10.5. The van der Waals surface area contributed by atoms with E-state index in [4.69, 9.17) is 15.2 Å². The van der Waals surface area contributed by atoms with Crippen molar-refractivity contribution < 1.29 is 14.3 Å². The Labute approximate surface area is 130 Å². The monoisotopic (exact) mass is 299 g/mol. The SMILES string of the molecule is COC(OC)(C(N)=O)C(C)(c1ccccc1)c1ccccc1. The molecule has 0 atom stereocenters. The molecule has 0 bridgehead atoms. The second-order valence-corrected chi connectivity index (χ2v) is 5.25. The fourth-order valence-electron chi connectivity index (χ4n) is 3.03. The van der Waals surface area contributed by atoms with Crippen LogP contribution < -0.4 is 5.73 Å². The average Bonchev–Trinajstić information content (AvgIpc) is 2.57. The summed E-state index contributed by atoms with van der Waals surface area (Å²) in [6.07, 6.45) is 0. The fourth-order valence-corrected chi connectivity index (χ4v) is 3.03. The van der Waals surface area contributed by atoms with Gasteiger partial charge >= 0.3 is 0 Å². The second-order valence-electron chi connectivity index (χ2n) is 5.25. The number of nitrogens with two attached hydrogens (primary N) is 1. The molecule has 0 aliphatic rings. The zero-order chi connectivity index (χ0) is 16.2. The number of ether oxygens (including phenoxy) is 2. The van der Waals surface area contributed by atoms with Crippen molar-refractivity contribution in [2.75, 3.05) is 14.2 Å². The maximum Gasteiger partial charge on any atom is 0.279 e. The van der Waals surface area contributed by atoms with Gasteiger partial charge in [0, 0.05) is 14.2 Å². The largest absolute Gasteiger partial charge is 0.365 e. The summed E-state index contributed by atoms with van der Waals surface area (Å²) in [4.78, 5) is 12.2. The van der Waals surface area contributed by atoms with Crippen LogP contribution in [0.1, 0.15) is 18.1 Å². The summed E-state index contributed by atoms with van der Waals surface area (Å²) in [7, 11) is 2.86. The summed E-state index contributed by atoms with van der Waals surface area (Å²) in [6, 6.07) is 19.2. The van der Waals surface area contributed by atoms with Gasteiger partial charge in [0.15, 0.2) is 0 Å². The van der Waals surface area contributed by atoms with Gasteiger partial charge in [-0.15, -0.1) is 0 Å². The number of rotatable bonds is 6. The molecule has 0 fully saturated rings. The molecule has 116 valence electrons. The number of primary amides is 1. The smallest absolute Gasteiger partial charge is 0.279 e. The van der Waals surface area contributed by atoms with Crippen molar-refractivity contribution in [1.29, 1.82) is 0 Å². The minimum Gasteiger partial charge on any atom is -0.365 e. The average molecular weight is 299 g/mol. The van der Waals surface area contributed by atoms with Crippen LogP contribution in [0.4, 0.5) is 0 Å². The van der Waals surface area contributed by atoms with Crippen LogP contribution in [0.25, 0.3) is 0 Å². The number of hydrogen-bond acceptors (Lipinski definition) is 3. The fraction of sp³-hybridized carbons (Fsp3) is 0.278. The lowest BCUT2D eigenvalue weighted by Crippen LogP contribution is -2.61. The molecule has 0 aliphatic carbocycles. The van der Waals surface area contributed by atoms with Crippen molar-refractivity contribution in [3.8, 4) is 0 Å². The van der Waals surface area contributed by atoms with Crippen molar-refractivity contribution >= 4 is 5.91 Å². The van der Waals surface area contributed by atoms with Crippen LogP contribution in [0.3, 0.4) is 0 Å². The number of benzene rings is 2. The summed E-state index contributed by atoms with van der Waals surface area (Å²) in [6.45, 7) is 1.90. The van der Waals surface area contributed by atoms with Gasteiger partial charge in [-0.3, -0.25) is 4.79 Å². The lowest BCUT2D eigenvalue weighted by Gasteiger charge is -2.44. The van der Waals surface area contributed by atoms with E-state index >= 15 is 0 Å². The highest BCUT2D eigenvalue weighted by molar-refractivity contribution is 5.85. The van der Waals surface area contributed by atoms with Gasteiger partial charge in [0.1, 0.15) is 0 Å². The molecule has 2 rings (SSSR count). The highest BCUT2D eigenvalue weighted by Gasteiger charge is 2.56. The lowest BCUT2D eigenvalue weighted by molar-refractivity contribution is -0.229. The Morgan fingerprint density at radius 3 is 1.50 bits per heavy atom. The second kappa shape index (κ2) is 6.30. The lowest BCUT2D eigenvalue weighted by atomic mass is 9.69. The topological polar surface area (TPSA) is 61.6 Å². The molecule has 0 unspecified atom stereocenters. The summed E-state index contributed by atoms with van der Waals surface area (Å²) in [5, 5.41) is 0. The maximum atomic E-state index is 12.2. The van der Waals surface area contributed by atoms with Gasteiger partial charge in [-0.1, -0.05) is 60.7 Å². The van der Waals surface area contributed by atoms with Gasteiger partial charge < -0.3 is 15.2 Å². The molecule has 0 heterocycles. The number of methoxy groups -OCH3 is 2. The minimum absolute atomic E-state index is 0.673. The minimum atomic E-state index is -1.62. The number of hydrogen-bond donors (Lipinski definition) is 1. The third-order valence-corrected chi connectivity index (χ3v) is 4.26. The highest BCUT2D eigenvalue weighted by Crippen LogP contribution is 2.43. The first-order valence-electron chi connectivity index (χ1n) is 7.04. The summed E-state index contributed by atoms with van der Waals surface area (Å²) in [5.74, 6) is -2.29. The molecule has 0 spiro atoms. The van der Waals surface area contributed by atoms with Crippen LogP contribution >= 0.6 is 0 Å². The molecule has 0 aliphatic heterocycles. The molecule has 0 aromatic heterocycles. The van der Waals surface area contributed by atoms with Crippen LogP contribution in [0.5, 0.6) is 0 Å². The third-order valence-electron chi connectivity index (χ3n) is 4.26. The highest BCUT2D eigenvalue weighted by atomic mass is 16.7. The number of amides is 1. The van der Waals surface area contributed by atoms with Crippen molar-refractivity contribution in [3.05, 3.63) is 71.8 Å². The first-order valence-corrected chi connectivity index (χ1v) is 7.04. The predicted molar refractivity (Wildman–Crippen MR) is 85.3 cm³/mol. The zero-order valence-electron chi connectivity index (χ0n) is 13.1. The van der Waals surface area contributed by atoms with Gasteiger partial charge in [0.2, 0.25) is 0 Å². The van der Waals surface area contributed by atoms with E-state index in [0.29, 0.717) is 0 Å². The van der Waals surface area contributed by atoms with Crippen LogP contribution in [-0.2, 0) is 19.7 Å². The molecule has 1 amide bonds. The zero-order valence-corrected chi connectivity index (χ0v) is 13.1. The summed E-state index contributed by atoms with van der Waals surface area (Å²) < 4.78 is 11.1. The van der Waals surface area contributed by atoms with Crippen molar-refractivity contribution in [3.63, 3.8) is 0 Å². The van der Waals surface area contributed by atoms with E-state index in [0.717, 1.165) is 11.1 Å². The van der Waals surface area contributed by atoms with E-state index in [9.17, 15) is 4.79 Å². The Morgan fingerprint density at radius 1 is 0.864 bits per heavy atom. The predicted octanol–water partition coefficient (Wildman–Crippen LogP) is 2.47. The molecule has 4 heteroatoms. The summed E-state index contributed by atoms with van der Waals surface area (Å²) >= 11 is 0. The summed E-state index contributed by atoms with van der Waals surface area (Å²) in [5.41, 5.74) is 6.52. The van der Waals surface area contributed by atoms with E-state index in [2.05, 4.69) is 0 Å². The Morgan fingerprint density at radius 2 is 1.23 bits per heavy atom. The molecule has 0 radical (unpaired) electrons. The molecule has 2 aromatic carbocycles. The molecule has 0 saturated carbocycles. The van der Waals surface area contributed by atoms with Crippen molar-refractivity contribution in [1.82, 2.24) is 0 Å². The van der Waals surface area contributed by atoms with Crippen LogP contribution in [0, 0.1) is 0 Å². The molecule has 0 saturated heterocycles. The van der Waals surface area contributed by atoms with Crippen LogP contribution in [0.2, 0.25) is 0 Å². The molecule has 4 nitrogen and oxygen atoms in total. The maximum absolute atomic E-state index is 12.2. The van der Waals surface area contributed by atoms with Gasteiger partial charge in [0.25, 0.3) is 11.7 Å². The number of carbonyl (C=O) groups is 1. The van der Waals surface area contributed by atoms with E-state index in [1.807, 2.05) is 67.6 Å². The van der Waals surface area contributed by atoms with Crippen molar-refractivity contribution in [2.24, 2.45) is 5.73 Å². The number of carbonyl (C=O) groups excluding carboxylic acids is 1. The van der Waals surface area contributed by atoms with Gasteiger partial charge in [-0.2, -0.15) is 0 Å². The van der Waals surface area contributed by atoms with Crippen LogP contribution in [-0.4, -0.2) is 25.9 Å². The van der Waals surface area contributed by atoms with Gasteiger partial charge in [0.05, 0.1) is 5.41 Å². The quantitative estimate of drug-likeness (QED) is 0.834. The van der Waals surface area contributed by atoms with E-state index < -0.39 is 17.1 Å². The Balaban J connectivity index is 2.79. The molecule has 2 N–H and O–H groups in total. The molecule has 2 aromatic rings. The standard InChI is InChI=1S/C18H21NO3/c1-17(14-10-6-4-7-11-14,15-12-8-5-9-13-15)18(21-2,22-3)16(19)20/h4-13H,1-3H3,(H2,19,20). The molecule has 22 heavy (non-hydrogen) atoms. The molecular formula is C18H21NO3. The van der Waals surface area contributed by atoms with E-state index in [1.165, 1.54) is 14.2 Å². The van der Waals surface area contributed by atoms with Gasteiger partial charge in [-0.25, -0.2) is 0 Å². The first kappa shape index (κ1) is 16.2. The Kier molecular flexibility index (Phi) is 4.64. The van der Waals surface area contributed by atoms with E-state index in [1.54, 1.807) is 0 Å². The van der Waals surface area contributed by atoms with Crippen LogP contribution in [0.15, 0.2) is 60.7 Å². The van der Waals surface area contributed by atoms with Crippen molar-refractivity contribution in [2.45, 2.75) is 18.1 Å². The van der Waals surface area contributed by atoms with Gasteiger partial charge in [-0.05, 0) is 18.1 Å². The normalized spacial score (nSPS) is 12.1. The van der Waals surface area contributed by atoms with E-state index in [-0.39, 0.29) is 0 Å². The Hall–Kier alpha value is -2.17. The third kappa shape index (κ3) is 2.30. The Bertz CT molecular complexity index is 582.